The summed E-state index contributed by atoms with van der Waals surface area (Å²) in [4.78, 5) is 42.7. The molecule has 0 fully saturated rings. The summed E-state index contributed by atoms with van der Waals surface area (Å²) in [5.41, 5.74) is -1.58. The Morgan fingerprint density at radius 2 is 1.84 bits per heavy atom. The Bertz CT molecular complexity index is 1630. The van der Waals surface area contributed by atoms with Crippen LogP contribution in [0.5, 0.6) is 0 Å². The van der Waals surface area contributed by atoms with Crippen molar-refractivity contribution in [3.63, 3.8) is 0 Å². The Kier molecular flexibility index (Phi) is 9.07. The number of amides is 2. The summed E-state index contributed by atoms with van der Waals surface area (Å²) in [5, 5.41) is 10.7. The molecule has 0 radical (unpaired) electrons. The standard InChI is InChI=1S/C29H32F3N7O4/c1-28(2,18-39-22(14-24(36-39)29(30,31)32)21-11-8-12-33-25(21)40)35-26(41)23(13-20-15-34-37(3)16-20)38(4)27(42)43-17-19-9-6-5-7-10-19/h5-12,14-16,23H,13,17-18H2,1-4H3,(H,33,40)(H,35,41)/t23-/m1/s1. The van der Waals surface area contributed by atoms with E-state index in [4.69, 9.17) is 4.74 Å². The number of carbonyl (C=O) groups is 2. The number of hydrogen-bond donors (Lipinski definition) is 2. The maximum atomic E-state index is 13.7. The average molecular weight is 600 g/mol. The Morgan fingerprint density at radius 1 is 1.12 bits per heavy atom. The van der Waals surface area contributed by atoms with E-state index < -0.39 is 41.0 Å². The normalized spacial score (nSPS) is 12.5. The Balaban J connectivity index is 1.57. The van der Waals surface area contributed by atoms with Gasteiger partial charge in [0.25, 0.3) is 5.56 Å². The second-order valence-corrected chi connectivity index (χ2v) is 10.7. The van der Waals surface area contributed by atoms with Gasteiger partial charge in [-0.2, -0.15) is 23.4 Å². The van der Waals surface area contributed by atoms with Gasteiger partial charge < -0.3 is 15.0 Å². The van der Waals surface area contributed by atoms with Gasteiger partial charge in [0.15, 0.2) is 5.69 Å². The molecule has 0 aliphatic carbocycles. The fourth-order valence-electron chi connectivity index (χ4n) is 4.50. The summed E-state index contributed by atoms with van der Waals surface area (Å²) in [6.45, 7) is 2.99. The number of nitrogens with one attached hydrogen (secondary N) is 2. The van der Waals surface area contributed by atoms with Crippen LogP contribution in [0.25, 0.3) is 11.3 Å². The van der Waals surface area contributed by atoms with Crippen LogP contribution in [0.1, 0.15) is 30.7 Å². The largest absolute Gasteiger partial charge is 0.445 e. The van der Waals surface area contributed by atoms with E-state index in [0.29, 0.717) is 5.56 Å². The number of ether oxygens (including phenoxy) is 1. The van der Waals surface area contributed by atoms with Crippen molar-refractivity contribution in [3.8, 4) is 11.3 Å². The minimum absolute atomic E-state index is 0.00102. The van der Waals surface area contributed by atoms with Gasteiger partial charge >= 0.3 is 12.3 Å². The highest BCUT2D eigenvalue weighted by Crippen LogP contribution is 2.31. The number of aromatic nitrogens is 5. The summed E-state index contributed by atoms with van der Waals surface area (Å²) in [5.74, 6) is -0.574. The zero-order valence-electron chi connectivity index (χ0n) is 24.1. The van der Waals surface area contributed by atoms with Crippen molar-refractivity contribution in [1.82, 2.24) is 34.8 Å². The van der Waals surface area contributed by atoms with Gasteiger partial charge in [-0.25, -0.2) is 4.79 Å². The van der Waals surface area contributed by atoms with Crippen molar-refractivity contribution in [2.45, 2.75) is 51.2 Å². The summed E-state index contributed by atoms with van der Waals surface area (Å²) >= 11 is 0. The topological polar surface area (TPSA) is 127 Å². The van der Waals surface area contributed by atoms with Crippen LogP contribution in [0.2, 0.25) is 0 Å². The summed E-state index contributed by atoms with van der Waals surface area (Å²) in [7, 11) is 3.15. The van der Waals surface area contributed by atoms with Gasteiger partial charge in [-0.15, -0.1) is 0 Å². The van der Waals surface area contributed by atoms with Crippen LogP contribution < -0.4 is 10.9 Å². The van der Waals surface area contributed by atoms with Gasteiger partial charge in [-0.1, -0.05) is 30.3 Å². The van der Waals surface area contributed by atoms with Crippen LogP contribution in [0, 0.1) is 0 Å². The molecule has 4 aromatic rings. The molecule has 43 heavy (non-hydrogen) atoms. The fraction of sp³-hybridized carbons (Fsp3) is 0.345. The van der Waals surface area contributed by atoms with Gasteiger partial charge in [0.1, 0.15) is 12.6 Å². The Labute approximate surface area is 245 Å². The number of benzene rings is 1. The number of H-pyrrole nitrogens is 1. The number of aromatic amines is 1. The first-order valence-corrected chi connectivity index (χ1v) is 13.3. The van der Waals surface area contributed by atoms with E-state index in [1.165, 1.54) is 30.3 Å². The zero-order valence-corrected chi connectivity index (χ0v) is 24.1. The van der Waals surface area contributed by atoms with E-state index in [-0.39, 0.29) is 30.8 Å². The maximum absolute atomic E-state index is 13.7. The first-order chi connectivity index (χ1) is 20.2. The van der Waals surface area contributed by atoms with E-state index in [2.05, 4.69) is 20.5 Å². The molecular weight excluding hydrogens is 567 g/mol. The number of hydrogen-bond acceptors (Lipinski definition) is 6. The van der Waals surface area contributed by atoms with Gasteiger partial charge in [0, 0.05) is 32.9 Å². The molecule has 3 aromatic heterocycles. The molecule has 0 saturated heterocycles. The van der Waals surface area contributed by atoms with E-state index >= 15 is 0 Å². The third-order valence-electron chi connectivity index (χ3n) is 6.62. The number of carbonyl (C=O) groups excluding carboxylic acids is 2. The van der Waals surface area contributed by atoms with Crippen LogP contribution in [0.3, 0.4) is 0 Å². The van der Waals surface area contributed by atoms with Gasteiger partial charge in [0.05, 0.1) is 29.5 Å². The van der Waals surface area contributed by atoms with E-state index in [1.54, 1.807) is 50.1 Å². The molecule has 2 amide bonds. The number of halogens is 3. The minimum atomic E-state index is -4.76. The highest BCUT2D eigenvalue weighted by Gasteiger charge is 2.37. The number of aryl methyl sites for hydroxylation is 1. The summed E-state index contributed by atoms with van der Waals surface area (Å²) < 4.78 is 48.8. The minimum Gasteiger partial charge on any atom is -0.445 e. The molecule has 1 aromatic carbocycles. The lowest BCUT2D eigenvalue weighted by Crippen LogP contribution is -2.55. The van der Waals surface area contributed by atoms with Crippen LogP contribution in [-0.2, 0) is 42.3 Å². The molecule has 4 rings (SSSR count). The first kappa shape index (κ1) is 31.1. The van der Waals surface area contributed by atoms with Crippen LogP contribution in [-0.4, -0.2) is 60.1 Å². The quantitative estimate of drug-likeness (QED) is 0.286. The Morgan fingerprint density at radius 3 is 2.47 bits per heavy atom. The molecule has 1 atom stereocenters. The van der Waals surface area contributed by atoms with Gasteiger partial charge in [-0.05, 0) is 43.2 Å². The van der Waals surface area contributed by atoms with Crippen molar-refractivity contribution in [2.24, 2.45) is 7.05 Å². The van der Waals surface area contributed by atoms with Crippen LogP contribution >= 0.6 is 0 Å². The van der Waals surface area contributed by atoms with E-state index in [1.807, 2.05) is 18.2 Å². The number of likely N-dealkylation sites (N-methyl/N-ethyl adjacent to an activating group) is 1. The van der Waals surface area contributed by atoms with Crippen molar-refractivity contribution < 1.29 is 27.5 Å². The predicted molar refractivity (Wildman–Crippen MR) is 151 cm³/mol. The number of nitrogens with zero attached hydrogens (tertiary/aromatic N) is 5. The number of rotatable bonds is 10. The lowest BCUT2D eigenvalue weighted by Gasteiger charge is -2.32. The van der Waals surface area contributed by atoms with Gasteiger partial charge in [0.2, 0.25) is 5.91 Å². The molecule has 0 aliphatic rings. The molecular formula is C29H32F3N7O4. The smallest absolute Gasteiger partial charge is 0.435 e. The molecule has 0 bridgehead atoms. The van der Waals surface area contributed by atoms with E-state index in [0.717, 1.165) is 16.3 Å². The second-order valence-electron chi connectivity index (χ2n) is 10.7. The third kappa shape index (κ3) is 7.90. The first-order valence-electron chi connectivity index (χ1n) is 13.3. The molecule has 14 heteroatoms. The van der Waals surface area contributed by atoms with Crippen molar-refractivity contribution in [2.75, 3.05) is 7.05 Å². The molecule has 3 heterocycles. The molecule has 0 saturated carbocycles. The Hall–Kier alpha value is -4.88. The molecule has 228 valence electrons. The predicted octanol–water partition coefficient (Wildman–Crippen LogP) is 3.77. The fourth-order valence-corrected chi connectivity index (χ4v) is 4.50. The molecule has 0 spiro atoms. The number of pyridine rings is 1. The highest BCUT2D eigenvalue weighted by atomic mass is 19.4. The lowest BCUT2D eigenvalue weighted by atomic mass is 10.0. The molecule has 0 aliphatic heterocycles. The zero-order chi connectivity index (χ0) is 31.4. The third-order valence-corrected chi connectivity index (χ3v) is 6.62. The number of alkyl halides is 3. The van der Waals surface area contributed by atoms with Gasteiger partial charge in [-0.3, -0.25) is 23.9 Å². The van der Waals surface area contributed by atoms with Crippen molar-refractivity contribution in [1.29, 1.82) is 0 Å². The summed E-state index contributed by atoms with van der Waals surface area (Å²) in [6.07, 6.45) is -0.755. The highest BCUT2D eigenvalue weighted by molar-refractivity contribution is 5.86. The SMILES string of the molecule is CN(C(=O)OCc1ccccc1)[C@H](Cc1cnn(C)c1)C(=O)NC(C)(C)Cn1nc(C(F)(F)F)cc1-c1ccc[nH]c1=O. The van der Waals surface area contributed by atoms with Crippen molar-refractivity contribution in [3.05, 3.63) is 94.3 Å². The van der Waals surface area contributed by atoms with Crippen LogP contribution in [0.4, 0.5) is 18.0 Å². The monoisotopic (exact) mass is 599 g/mol. The lowest BCUT2D eigenvalue weighted by molar-refractivity contribution is -0.141. The maximum Gasteiger partial charge on any atom is 0.435 e. The van der Waals surface area contributed by atoms with E-state index in [9.17, 15) is 27.6 Å². The van der Waals surface area contributed by atoms with Crippen LogP contribution in [0.15, 0.2) is 71.9 Å². The molecule has 2 N–H and O–H groups in total. The molecule has 0 unspecified atom stereocenters. The van der Waals surface area contributed by atoms with Crippen molar-refractivity contribution >= 4 is 12.0 Å². The second kappa shape index (κ2) is 12.5. The average Bonchev–Trinajstić information content (AvgIpc) is 3.56. The molecule has 11 nitrogen and oxygen atoms in total. The summed E-state index contributed by atoms with van der Waals surface area (Å²) in [6, 6.07) is 11.7.